The second-order valence-electron chi connectivity index (χ2n) is 6.08. The van der Waals surface area contributed by atoms with Crippen LogP contribution in [0.4, 0.5) is 4.39 Å². The molecule has 0 bridgehead atoms. The maximum atomic E-state index is 13.5. The molecule has 3 atom stereocenters. The quantitative estimate of drug-likeness (QED) is 0.838. The molecule has 1 aliphatic heterocycles. The summed E-state index contributed by atoms with van der Waals surface area (Å²) in [7, 11) is 0. The van der Waals surface area contributed by atoms with Crippen molar-refractivity contribution in [2.24, 2.45) is 11.8 Å². The smallest absolute Gasteiger partial charge is 0.306 e. The third-order valence-electron chi connectivity index (χ3n) is 4.54. The Morgan fingerprint density at radius 1 is 1.30 bits per heavy atom. The first-order valence-corrected chi connectivity index (χ1v) is 8.40. The van der Waals surface area contributed by atoms with Crippen LogP contribution in [-0.4, -0.2) is 23.6 Å². The van der Waals surface area contributed by atoms with Gasteiger partial charge in [0.2, 0.25) is 5.91 Å². The summed E-state index contributed by atoms with van der Waals surface area (Å²) in [5.74, 6) is -1.71. The van der Waals surface area contributed by atoms with E-state index in [2.05, 4.69) is 21.2 Å². The SMILES string of the molecule is O=C(O)C1CCCC(C(=O)NC2COc3cc(F)c(Br)cc32)C1. The van der Waals surface area contributed by atoms with Crippen LogP contribution in [0.1, 0.15) is 37.3 Å². The number of hydrogen-bond acceptors (Lipinski definition) is 3. The van der Waals surface area contributed by atoms with Crippen LogP contribution in [0.3, 0.4) is 0 Å². The molecule has 1 saturated carbocycles. The van der Waals surface area contributed by atoms with E-state index in [-0.39, 0.29) is 24.5 Å². The number of fused-ring (bicyclic) bond motifs is 1. The first-order chi connectivity index (χ1) is 11.0. The molecule has 1 heterocycles. The van der Waals surface area contributed by atoms with Crippen LogP contribution in [0.2, 0.25) is 0 Å². The number of carbonyl (C=O) groups is 2. The molecule has 1 amide bonds. The summed E-state index contributed by atoms with van der Waals surface area (Å²) in [4.78, 5) is 23.5. The van der Waals surface area contributed by atoms with Crippen molar-refractivity contribution >= 4 is 27.8 Å². The molecule has 1 aliphatic carbocycles. The van der Waals surface area contributed by atoms with E-state index in [1.54, 1.807) is 6.07 Å². The standard InChI is InChI=1S/C16H17BrFNO4/c17-11-5-10-13(7-23-14(10)6-12(11)18)19-15(20)8-2-1-3-9(4-8)16(21)22/h5-6,8-9,13H,1-4,7H2,(H,19,20)(H,21,22). The molecule has 0 aromatic heterocycles. The molecule has 0 radical (unpaired) electrons. The van der Waals surface area contributed by atoms with E-state index in [1.165, 1.54) is 6.07 Å². The minimum Gasteiger partial charge on any atom is -0.491 e. The Kier molecular flexibility index (Phi) is 4.57. The highest BCUT2D eigenvalue weighted by atomic mass is 79.9. The number of carboxylic acids is 1. The summed E-state index contributed by atoms with van der Waals surface area (Å²) in [5, 5.41) is 12.0. The molecule has 23 heavy (non-hydrogen) atoms. The fourth-order valence-electron chi connectivity index (χ4n) is 3.27. The molecule has 1 fully saturated rings. The molecule has 0 spiro atoms. The van der Waals surface area contributed by atoms with Crippen molar-refractivity contribution in [3.05, 3.63) is 28.0 Å². The van der Waals surface area contributed by atoms with Gasteiger partial charge in [-0.2, -0.15) is 0 Å². The minimum absolute atomic E-state index is 0.155. The van der Waals surface area contributed by atoms with Gasteiger partial charge in [-0.05, 0) is 41.3 Å². The van der Waals surface area contributed by atoms with E-state index in [0.29, 0.717) is 29.5 Å². The van der Waals surface area contributed by atoms with Gasteiger partial charge in [-0.1, -0.05) is 6.42 Å². The molecule has 2 N–H and O–H groups in total. The van der Waals surface area contributed by atoms with Gasteiger partial charge in [0.25, 0.3) is 0 Å². The van der Waals surface area contributed by atoms with Crippen LogP contribution < -0.4 is 10.1 Å². The van der Waals surface area contributed by atoms with Crippen LogP contribution >= 0.6 is 15.9 Å². The minimum atomic E-state index is -0.837. The molecule has 3 unspecified atom stereocenters. The number of hydrogen-bond donors (Lipinski definition) is 2. The molecule has 3 rings (SSSR count). The lowest BCUT2D eigenvalue weighted by atomic mass is 9.81. The van der Waals surface area contributed by atoms with Crippen molar-refractivity contribution in [2.75, 3.05) is 6.61 Å². The number of halogens is 2. The monoisotopic (exact) mass is 385 g/mol. The van der Waals surface area contributed by atoms with Crippen LogP contribution in [0.25, 0.3) is 0 Å². The molecule has 0 saturated heterocycles. The largest absolute Gasteiger partial charge is 0.491 e. The van der Waals surface area contributed by atoms with Crippen LogP contribution in [0.5, 0.6) is 5.75 Å². The Morgan fingerprint density at radius 2 is 2.04 bits per heavy atom. The summed E-state index contributed by atoms with van der Waals surface area (Å²) in [6, 6.07) is 2.58. The van der Waals surface area contributed by atoms with Crippen molar-refractivity contribution in [3.63, 3.8) is 0 Å². The summed E-state index contributed by atoms with van der Waals surface area (Å²) in [6.45, 7) is 0.256. The van der Waals surface area contributed by atoms with Gasteiger partial charge >= 0.3 is 5.97 Å². The van der Waals surface area contributed by atoms with Crippen molar-refractivity contribution < 1.29 is 23.8 Å². The average Bonchev–Trinajstić information content (AvgIpc) is 2.90. The van der Waals surface area contributed by atoms with E-state index >= 15 is 0 Å². The van der Waals surface area contributed by atoms with Crippen molar-refractivity contribution in [1.82, 2.24) is 5.32 Å². The lowest BCUT2D eigenvalue weighted by molar-refractivity contribution is -0.144. The first kappa shape index (κ1) is 16.2. The number of amides is 1. The van der Waals surface area contributed by atoms with Crippen molar-refractivity contribution in [1.29, 1.82) is 0 Å². The zero-order chi connectivity index (χ0) is 16.6. The van der Waals surface area contributed by atoms with Gasteiger partial charge in [-0.3, -0.25) is 9.59 Å². The topological polar surface area (TPSA) is 75.6 Å². The Labute approximate surface area is 141 Å². The normalized spacial score (nSPS) is 26.3. The van der Waals surface area contributed by atoms with Gasteiger partial charge in [-0.25, -0.2) is 4.39 Å². The van der Waals surface area contributed by atoms with Crippen LogP contribution in [-0.2, 0) is 9.59 Å². The van der Waals surface area contributed by atoms with E-state index in [1.807, 2.05) is 0 Å². The summed E-state index contributed by atoms with van der Waals surface area (Å²) in [6.07, 6.45) is 2.43. The van der Waals surface area contributed by atoms with Crippen LogP contribution in [0.15, 0.2) is 16.6 Å². The van der Waals surface area contributed by atoms with E-state index in [4.69, 9.17) is 9.84 Å². The summed E-state index contributed by atoms with van der Waals surface area (Å²) < 4.78 is 19.3. The second-order valence-corrected chi connectivity index (χ2v) is 6.93. The van der Waals surface area contributed by atoms with E-state index in [9.17, 15) is 14.0 Å². The van der Waals surface area contributed by atoms with Gasteiger partial charge in [0.1, 0.15) is 18.2 Å². The highest BCUT2D eigenvalue weighted by Crippen LogP contribution is 2.37. The number of nitrogens with one attached hydrogen (secondary N) is 1. The van der Waals surface area contributed by atoms with Gasteiger partial charge < -0.3 is 15.2 Å². The van der Waals surface area contributed by atoms with Gasteiger partial charge in [0, 0.05) is 17.5 Å². The van der Waals surface area contributed by atoms with Gasteiger partial charge in [0.15, 0.2) is 0 Å². The lowest BCUT2D eigenvalue weighted by Gasteiger charge is -2.26. The number of aliphatic carboxylic acids is 1. The van der Waals surface area contributed by atoms with E-state index < -0.39 is 17.7 Å². The number of carboxylic acid groups (broad SMARTS) is 1. The molecular formula is C16H17BrFNO4. The molecule has 124 valence electrons. The lowest BCUT2D eigenvalue weighted by Crippen LogP contribution is -2.38. The molecule has 5 nitrogen and oxygen atoms in total. The fourth-order valence-corrected chi connectivity index (χ4v) is 3.63. The highest BCUT2D eigenvalue weighted by Gasteiger charge is 2.34. The van der Waals surface area contributed by atoms with Crippen molar-refractivity contribution in [2.45, 2.75) is 31.7 Å². The Hall–Kier alpha value is -1.63. The highest BCUT2D eigenvalue weighted by molar-refractivity contribution is 9.10. The second kappa shape index (κ2) is 6.47. The summed E-state index contributed by atoms with van der Waals surface area (Å²) in [5.41, 5.74) is 0.734. The molecular weight excluding hydrogens is 369 g/mol. The zero-order valence-electron chi connectivity index (χ0n) is 12.4. The maximum Gasteiger partial charge on any atom is 0.306 e. The maximum absolute atomic E-state index is 13.5. The Balaban J connectivity index is 1.68. The third kappa shape index (κ3) is 3.34. The molecule has 1 aromatic carbocycles. The number of rotatable bonds is 3. The predicted octanol–water partition coefficient (Wildman–Crippen LogP) is 3.03. The fraction of sp³-hybridized carbons (Fsp3) is 0.500. The van der Waals surface area contributed by atoms with Crippen molar-refractivity contribution in [3.8, 4) is 5.75 Å². The number of benzene rings is 1. The zero-order valence-corrected chi connectivity index (χ0v) is 13.9. The molecule has 7 heteroatoms. The number of carbonyl (C=O) groups excluding carboxylic acids is 1. The number of ether oxygens (including phenoxy) is 1. The Morgan fingerprint density at radius 3 is 2.78 bits per heavy atom. The molecule has 2 aliphatic rings. The van der Waals surface area contributed by atoms with E-state index in [0.717, 1.165) is 12.0 Å². The first-order valence-electron chi connectivity index (χ1n) is 7.60. The molecule has 1 aromatic rings. The predicted molar refractivity (Wildman–Crippen MR) is 83.6 cm³/mol. The average molecular weight is 386 g/mol. The van der Waals surface area contributed by atoms with Crippen LogP contribution in [0, 0.1) is 17.7 Å². The third-order valence-corrected chi connectivity index (χ3v) is 5.15. The van der Waals surface area contributed by atoms with Gasteiger partial charge in [0.05, 0.1) is 16.4 Å². The summed E-state index contributed by atoms with van der Waals surface area (Å²) >= 11 is 3.13. The Bertz CT molecular complexity index is 651. The van der Waals surface area contributed by atoms with Gasteiger partial charge in [-0.15, -0.1) is 0 Å².